The van der Waals surface area contributed by atoms with Crippen LogP contribution in [0, 0.1) is 11.8 Å². The number of carbonyl (C=O) groups excluding carboxylic acids is 3. The second kappa shape index (κ2) is 9.90. The van der Waals surface area contributed by atoms with E-state index in [9.17, 15) is 39.9 Å². The van der Waals surface area contributed by atoms with E-state index in [0.717, 1.165) is 25.9 Å². The van der Waals surface area contributed by atoms with E-state index in [4.69, 9.17) is 0 Å². The average molecular weight is 564 g/mol. The van der Waals surface area contributed by atoms with Gasteiger partial charge in [0.25, 0.3) is 5.91 Å². The zero-order chi connectivity index (χ0) is 27.7. The third-order valence-corrected chi connectivity index (χ3v) is 8.66. The van der Waals surface area contributed by atoms with Gasteiger partial charge in [0, 0.05) is 17.4 Å². The number of aliphatic hydroxyl groups is 4. The summed E-state index contributed by atoms with van der Waals surface area (Å²) in [5.41, 5.74) is -5.65. The number of likely N-dealkylation sites (tertiary alicyclic amines) is 1. The largest absolute Gasteiger partial charge is 0.510 e. The maximum Gasteiger partial charge on any atom is 0.259 e. The van der Waals surface area contributed by atoms with Gasteiger partial charge in [0.15, 0.2) is 11.4 Å². The van der Waals surface area contributed by atoms with Crippen molar-refractivity contribution in [1.82, 2.24) is 15.1 Å². The number of nitrogens with zero attached hydrogens (tertiary/aromatic N) is 2. The SMILES string of the molecule is CN(C)[C@@H]1C(O)=C(C(=O)NCN2CCCC2)C(=O)[C@@]2(O)C(O)=C3C(=O)c4c(O)cccc4[C@@](C)(O)C3C[C@@H]12.Cl. The number of rotatable bonds is 4. The highest BCUT2D eigenvalue weighted by Crippen LogP contribution is 2.56. The fourth-order valence-corrected chi connectivity index (χ4v) is 6.70. The van der Waals surface area contributed by atoms with E-state index in [1.54, 1.807) is 14.1 Å². The van der Waals surface area contributed by atoms with Crippen molar-refractivity contribution in [3.05, 3.63) is 52.0 Å². The molecule has 5 atom stereocenters. The number of carbonyl (C=O) groups is 3. The molecule has 1 aliphatic heterocycles. The first-order chi connectivity index (χ1) is 17.8. The number of ketones is 2. The van der Waals surface area contributed by atoms with Crippen LogP contribution >= 0.6 is 12.4 Å². The quantitative estimate of drug-likeness (QED) is 0.289. The Balaban J connectivity index is 0.00000353. The van der Waals surface area contributed by atoms with Crippen molar-refractivity contribution in [2.75, 3.05) is 33.9 Å². The summed E-state index contributed by atoms with van der Waals surface area (Å²) in [6.45, 7) is 3.12. The predicted octanol–water partition coefficient (Wildman–Crippen LogP) is 0.892. The van der Waals surface area contributed by atoms with Crippen LogP contribution in [-0.4, -0.2) is 98.3 Å². The molecule has 4 aliphatic rings. The molecule has 0 radical (unpaired) electrons. The van der Waals surface area contributed by atoms with Gasteiger partial charge in [-0.15, -0.1) is 12.4 Å². The normalized spacial score (nSPS) is 32.5. The van der Waals surface area contributed by atoms with Crippen molar-refractivity contribution in [3.8, 4) is 5.75 Å². The lowest BCUT2D eigenvalue weighted by molar-refractivity contribution is -0.152. The van der Waals surface area contributed by atoms with Crippen LogP contribution in [0.1, 0.15) is 42.1 Å². The Morgan fingerprint density at radius 2 is 1.77 bits per heavy atom. The maximum absolute atomic E-state index is 13.8. The topological polar surface area (TPSA) is 171 Å². The summed E-state index contributed by atoms with van der Waals surface area (Å²) >= 11 is 0. The minimum absolute atomic E-state index is 0. The number of hydrogen-bond donors (Lipinski definition) is 6. The molecule has 39 heavy (non-hydrogen) atoms. The number of hydrogen-bond acceptors (Lipinski definition) is 10. The van der Waals surface area contributed by atoms with E-state index < -0.39 is 75.0 Å². The summed E-state index contributed by atoms with van der Waals surface area (Å²) < 4.78 is 0. The first-order valence-corrected chi connectivity index (χ1v) is 12.7. The molecule has 1 amide bonds. The number of fused-ring (bicyclic) bond motifs is 3. The highest BCUT2D eigenvalue weighted by molar-refractivity contribution is 6.25. The molecule has 0 spiro atoms. The van der Waals surface area contributed by atoms with E-state index >= 15 is 0 Å². The fraction of sp³-hybridized carbons (Fsp3) is 0.519. The Hall–Kier alpha value is -2.96. The summed E-state index contributed by atoms with van der Waals surface area (Å²) in [6.07, 6.45) is 1.78. The highest BCUT2D eigenvalue weighted by Gasteiger charge is 2.65. The molecule has 212 valence electrons. The molecule has 1 unspecified atom stereocenters. The minimum atomic E-state index is -2.72. The van der Waals surface area contributed by atoms with Gasteiger partial charge in [-0.1, -0.05) is 12.1 Å². The standard InChI is InChI=1S/C27H33N3O8.ClH/c1-26(37)13-7-6-8-16(31)17(13)21(32)18-14(26)11-15-20(29(2)3)22(33)19(24(35)27(15,38)23(18)34)25(36)28-12-30-9-4-5-10-30;/h6-8,14-15,20,31,33-34,37-38H,4-5,9-12H2,1-3H3,(H,28,36);1H/t14?,15-,20-,26+,27-;/m0./s1. The van der Waals surface area contributed by atoms with Crippen molar-refractivity contribution in [2.45, 2.75) is 43.4 Å². The van der Waals surface area contributed by atoms with Gasteiger partial charge in [0.2, 0.25) is 5.78 Å². The van der Waals surface area contributed by atoms with Crippen molar-refractivity contribution in [1.29, 1.82) is 0 Å². The number of phenolic OH excluding ortho intramolecular Hbond substituents is 1. The van der Waals surface area contributed by atoms with Crippen LogP contribution in [0.2, 0.25) is 0 Å². The smallest absolute Gasteiger partial charge is 0.259 e. The first kappa shape index (κ1) is 29.0. The molecule has 1 aromatic carbocycles. The van der Waals surface area contributed by atoms with Crippen LogP contribution in [-0.2, 0) is 15.2 Å². The molecular weight excluding hydrogens is 530 g/mol. The number of aliphatic hydroxyl groups excluding tert-OH is 2. The lowest BCUT2D eigenvalue weighted by atomic mass is 9.55. The van der Waals surface area contributed by atoms with Gasteiger partial charge in [0.05, 0.1) is 23.9 Å². The number of amides is 1. The van der Waals surface area contributed by atoms with E-state index in [2.05, 4.69) is 5.32 Å². The van der Waals surface area contributed by atoms with Gasteiger partial charge >= 0.3 is 0 Å². The molecule has 1 fully saturated rings. The summed E-state index contributed by atoms with van der Waals surface area (Å²) in [5, 5.41) is 59.2. The van der Waals surface area contributed by atoms with Gasteiger partial charge < -0.3 is 30.8 Å². The Labute approximate surface area is 231 Å². The Morgan fingerprint density at radius 1 is 1.13 bits per heavy atom. The van der Waals surface area contributed by atoms with Gasteiger partial charge in [0.1, 0.15) is 22.8 Å². The van der Waals surface area contributed by atoms with Crippen molar-refractivity contribution in [2.24, 2.45) is 11.8 Å². The third kappa shape index (κ3) is 4.06. The lowest BCUT2D eigenvalue weighted by Crippen LogP contribution is -2.65. The van der Waals surface area contributed by atoms with Crippen LogP contribution in [0.15, 0.2) is 40.9 Å². The lowest BCUT2D eigenvalue weighted by Gasteiger charge is -2.52. The highest BCUT2D eigenvalue weighted by atomic mass is 35.5. The van der Waals surface area contributed by atoms with Crippen LogP contribution in [0.3, 0.4) is 0 Å². The first-order valence-electron chi connectivity index (χ1n) is 12.7. The maximum atomic E-state index is 13.8. The molecule has 3 aliphatic carbocycles. The van der Waals surface area contributed by atoms with Crippen LogP contribution in [0.5, 0.6) is 5.75 Å². The van der Waals surface area contributed by atoms with Gasteiger partial charge in [-0.3, -0.25) is 24.2 Å². The summed E-state index contributed by atoms with van der Waals surface area (Å²) in [4.78, 5) is 44.0. The molecule has 11 nitrogen and oxygen atoms in total. The molecule has 12 heteroatoms. The third-order valence-electron chi connectivity index (χ3n) is 8.66. The van der Waals surface area contributed by atoms with Crippen LogP contribution < -0.4 is 5.32 Å². The van der Waals surface area contributed by atoms with Crippen molar-refractivity contribution in [3.63, 3.8) is 0 Å². The fourth-order valence-electron chi connectivity index (χ4n) is 6.70. The Kier molecular flexibility index (Phi) is 7.37. The Bertz CT molecular complexity index is 1300. The number of benzene rings is 1. The van der Waals surface area contributed by atoms with E-state index in [1.165, 1.54) is 30.0 Å². The predicted molar refractivity (Wildman–Crippen MR) is 141 cm³/mol. The zero-order valence-electron chi connectivity index (χ0n) is 22.0. The van der Waals surface area contributed by atoms with E-state index in [-0.39, 0.29) is 36.6 Å². The molecule has 1 heterocycles. The average Bonchev–Trinajstić information content (AvgIpc) is 3.37. The molecule has 1 aromatic rings. The van der Waals surface area contributed by atoms with E-state index in [0.29, 0.717) is 0 Å². The Morgan fingerprint density at radius 3 is 2.38 bits per heavy atom. The molecule has 1 saturated heterocycles. The molecule has 6 N–H and O–H groups in total. The number of aromatic hydroxyl groups is 1. The number of phenols is 1. The number of halogens is 1. The molecular formula is C27H34ClN3O8. The van der Waals surface area contributed by atoms with Crippen LogP contribution in [0.25, 0.3) is 0 Å². The molecule has 0 saturated carbocycles. The van der Waals surface area contributed by atoms with Crippen molar-refractivity contribution >= 4 is 29.9 Å². The van der Waals surface area contributed by atoms with Crippen LogP contribution in [0.4, 0.5) is 0 Å². The van der Waals surface area contributed by atoms with Crippen molar-refractivity contribution < 1.29 is 39.9 Å². The summed E-state index contributed by atoms with van der Waals surface area (Å²) in [6, 6.07) is 3.16. The second-order valence-electron chi connectivity index (χ2n) is 11.1. The minimum Gasteiger partial charge on any atom is -0.510 e. The molecule has 5 rings (SSSR count). The summed E-state index contributed by atoms with van der Waals surface area (Å²) in [7, 11) is 3.18. The second-order valence-corrected chi connectivity index (χ2v) is 11.1. The zero-order valence-corrected chi connectivity index (χ0v) is 22.8. The molecule has 0 aromatic heterocycles. The monoisotopic (exact) mass is 563 g/mol. The summed E-state index contributed by atoms with van der Waals surface area (Å²) in [5.74, 6) is -7.17. The number of nitrogens with one attached hydrogen (secondary N) is 1. The van der Waals surface area contributed by atoms with Gasteiger partial charge in [-0.25, -0.2) is 0 Å². The number of Topliss-reactive ketones (excluding diaryl/α,β-unsaturated/α-hetero) is 2. The van der Waals surface area contributed by atoms with E-state index in [1.807, 2.05) is 4.90 Å². The molecule has 0 bridgehead atoms. The van der Waals surface area contributed by atoms with Gasteiger partial charge in [-0.05, 0) is 65.0 Å². The number of likely N-dealkylation sites (N-methyl/N-ethyl adjacent to an activating group) is 1. The van der Waals surface area contributed by atoms with Gasteiger partial charge in [-0.2, -0.15) is 0 Å².